The van der Waals surface area contributed by atoms with Gasteiger partial charge in [0, 0.05) is 25.9 Å². The Morgan fingerprint density at radius 3 is 2.14 bits per heavy atom. The van der Waals surface area contributed by atoms with Gasteiger partial charge in [-0.1, -0.05) is 17.7 Å². The molecule has 1 aliphatic heterocycles. The van der Waals surface area contributed by atoms with E-state index in [0.717, 1.165) is 5.56 Å². The van der Waals surface area contributed by atoms with Gasteiger partial charge < -0.3 is 5.73 Å². The number of sulfonamides is 1. The molecule has 1 aromatic carbocycles. The maximum Gasteiger partial charge on any atom is 0.248 e. The Balaban J connectivity index is 1.78. The summed E-state index contributed by atoms with van der Waals surface area (Å²) in [6, 6.07) is 6.21. The summed E-state index contributed by atoms with van der Waals surface area (Å²) < 4.78 is 53.0. The zero-order chi connectivity index (χ0) is 15.3. The van der Waals surface area contributed by atoms with Gasteiger partial charge in [-0.2, -0.15) is 4.31 Å². The Morgan fingerprint density at radius 2 is 1.67 bits per heavy atom. The molecular weight excluding hydrogens is 298 g/mol. The minimum atomic E-state index is -3.62. The topological polar surface area (TPSA) is 61.2 Å². The molecule has 2 unspecified atom stereocenters. The van der Waals surface area contributed by atoms with E-state index in [1.165, 1.54) is 16.4 Å². The number of rotatable bonds is 3. The molecule has 1 saturated carbocycles. The third-order valence-electron chi connectivity index (χ3n) is 4.43. The van der Waals surface area contributed by atoms with Crippen LogP contribution in [0.25, 0.3) is 5.73 Å². The highest BCUT2D eigenvalue weighted by Gasteiger charge is 2.52. The van der Waals surface area contributed by atoms with Gasteiger partial charge in [0.1, 0.15) is 0 Å². The average Bonchev–Trinajstić information content (AvgIpc) is 2.92. The van der Waals surface area contributed by atoms with Gasteiger partial charge in [-0.05, 0) is 24.0 Å². The molecule has 1 aromatic rings. The molecule has 116 valence electrons. The fraction of sp³-hybridized carbons (Fsp3) is 0.571. The van der Waals surface area contributed by atoms with Crippen molar-refractivity contribution >= 4 is 10.0 Å². The van der Waals surface area contributed by atoms with Crippen LogP contribution < -0.4 is 0 Å². The van der Waals surface area contributed by atoms with Crippen LogP contribution in [0.3, 0.4) is 0 Å². The first kappa shape index (κ1) is 14.9. The van der Waals surface area contributed by atoms with Gasteiger partial charge in [-0.3, -0.25) is 0 Å². The molecule has 2 aliphatic rings. The molecule has 2 fully saturated rings. The normalized spacial score (nSPS) is 28.7. The Hall–Kier alpha value is -1.05. The highest BCUT2D eigenvalue weighted by Crippen LogP contribution is 2.47. The summed E-state index contributed by atoms with van der Waals surface area (Å²) in [5.41, 5.74) is 7.97. The maximum absolute atomic E-state index is 13.3. The lowest BCUT2D eigenvalue weighted by Crippen LogP contribution is -2.31. The van der Waals surface area contributed by atoms with Crippen LogP contribution in [-0.4, -0.2) is 31.7 Å². The van der Waals surface area contributed by atoms with Crippen molar-refractivity contribution in [1.82, 2.24) is 4.31 Å². The van der Waals surface area contributed by atoms with Crippen LogP contribution >= 0.6 is 0 Å². The van der Waals surface area contributed by atoms with Gasteiger partial charge in [0.2, 0.25) is 15.9 Å². The molecule has 4 nitrogen and oxygen atoms in total. The molecule has 0 radical (unpaired) electrons. The Bertz CT molecular complexity index is 615. The van der Waals surface area contributed by atoms with Crippen LogP contribution in [0.4, 0.5) is 8.78 Å². The second-order valence-electron chi connectivity index (χ2n) is 5.93. The molecule has 2 atom stereocenters. The third kappa shape index (κ3) is 2.69. The van der Waals surface area contributed by atoms with Crippen molar-refractivity contribution in [2.75, 3.05) is 13.1 Å². The van der Waals surface area contributed by atoms with Crippen molar-refractivity contribution in [3.8, 4) is 0 Å². The van der Waals surface area contributed by atoms with Crippen molar-refractivity contribution in [3.05, 3.63) is 35.6 Å². The standard InChI is InChI=1S/C14H17F2N2O2S/c15-14(16)5-11-8-18(9-12(11)6-14)21(19,20)13-3-1-10(7-17)2-4-13/h1-4,11-12,17H,5-9H2/q-1. The predicted molar refractivity (Wildman–Crippen MR) is 74.4 cm³/mol. The number of nitrogens with one attached hydrogen (secondary N) is 1. The number of hydrogen-bond acceptors (Lipinski definition) is 2. The highest BCUT2D eigenvalue weighted by atomic mass is 32.2. The number of benzene rings is 1. The Kier molecular flexibility index (Phi) is 3.54. The van der Waals surface area contributed by atoms with E-state index in [0.29, 0.717) is 0 Å². The molecule has 0 aromatic heterocycles. The zero-order valence-corrected chi connectivity index (χ0v) is 12.2. The molecule has 0 bridgehead atoms. The second-order valence-corrected chi connectivity index (χ2v) is 7.87. The lowest BCUT2D eigenvalue weighted by molar-refractivity contribution is -0.000617. The van der Waals surface area contributed by atoms with Crippen molar-refractivity contribution in [1.29, 1.82) is 0 Å². The summed E-state index contributed by atoms with van der Waals surface area (Å²) in [5.74, 6) is -3.11. The van der Waals surface area contributed by atoms with E-state index in [2.05, 4.69) is 0 Å². The van der Waals surface area contributed by atoms with Gasteiger partial charge in [0.25, 0.3) is 0 Å². The van der Waals surface area contributed by atoms with Crippen LogP contribution in [0.2, 0.25) is 0 Å². The second kappa shape index (κ2) is 5.00. The molecule has 0 amide bonds. The molecule has 1 saturated heterocycles. The fourth-order valence-electron chi connectivity index (χ4n) is 3.33. The van der Waals surface area contributed by atoms with Gasteiger partial charge in [-0.15, -0.1) is 6.54 Å². The first-order valence-electron chi connectivity index (χ1n) is 6.93. The van der Waals surface area contributed by atoms with E-state index < -0.39 is 15.9 Å². The molecule has 1 heterocycles. The van der Waals surface area contributed by atoms with Gasteiger partial charge in [0.05, 0.1) is 4.90 Å². The van der Waals surface area contributed by atoms with Gasteiger partial charge in [-0.25, -0.2) is 17.2 Å². The molecule has 1 aliphatic carbocycles. The number of hydrogen-bond donors (Lipinski definition) is 0. The lowest BCUT2D eigenvalue weighted by Gasteiger charge is -2.19. The van der Waals surface area contributed by atoms with E-state index in [1.54, 1.807) is 12.1 Å². The first-order valence-corrected chi connectivity index (χ1v) is 8.37. The molecule has 0 spiro atoms. The van der Waals surface area contributed by atoms with E-state index in [9.17, 15) is 17.2 Å². The number of fused-ring (bicyclic) bond motifs is 1. The Labute approximate surface area is 123 Å². The SMILES string of the molecule is [NH-]Cc1ccc(S(=O)(=O)N2CC3CC(F)(F)CC3C2)cc1. The van der Waals surface area contributed by atoms with E-state index >= 15 is 0 Å². The van der Waals surface area contributed by atoms with Crippen LogP contribution in [-0.2, 0) is 16.6 Å². The molecule has 21 heavy (non-hydrogen) atoms. The molecule has 1 N–H and O–H groups in total. The molecular formula is C14H17F2N2O2S-. The minimum Gasteiger partial charge on any atom is -0.674 e. The van der Waals surface area contributed by atoms with Crippen molar-refractivity contribution in [2.45, 2.75) is 30.2 Å². The monoisotopic (exact) mass is 315 g/mol. The van der Waals surface area contributed by atoms with Crippen LogP contribution in [0, 0.1) is 11.8 Å². The maximum atomic E-state index is 13.3. The summed E-state index contributed by atoms with van der Waals surface area (Å²) in [4.78, 5) is 0.173. The molecule has 3 rings (SSSR count). The summed E-state index contributed by atoms with van der Waals surface area (Å²) >= 11 is 0. The fourth-order valence-corrected chi connectivity index (χ4v) is 4.89. The predicted octanol–water partition coefficient (Wildman–Crippen LogP) is 2.90. The van der Waals surface area contributed by atoms with Crippen LogP contribution in [0.1, 0.15) is 18.4 Å². The summed E-state index contributed by atoms with van der Waals surface area (Å²) in [6.07, 6.45) is -0.414. The number of alkyl halides is 2. The van der Waals surface area contributed by atoms with Crippen molar-refractivity contribution in [3.63, 3.8) is 0 Å². The smallest absolute Gasteiger partial charge is 0.248 e. The van der Waals surface area contributed by atoms with Gasteiger partial charge >= 0.3 is 0 Å². The van der Waals surface area contributed by atoms with Gasteiger partial charge in [0.15, 0.2) is 0 Å². The van der Waals surface area contributed by atoms with Crippen molar-refractivity contribution < 1.29 is 17.2 Å². The quantitative estimate of drug-likeness (QED) is 0.861. The first-order chi connectivity index (χ1) is 9.82. The summed E-state index contributed by atoms with van der Waals surface area (Å²) in [6.45, 7) is 0.467. The summed E-state index contributed by atoms with van der Waals surface area (Å²) in [7, 11) is -3.62. The lowest BCUT2D eigenvalue weighted by atomic mass is 10.0. The molecule has 7 heteroatoms. The minimum absolute atomic E-state index is 0.100. The largest absolute Gasteiger partial charge is 0.674 e. The van der Waals surface area contributed by atoms with E-state index in [4.69, 9.17) is 5.73 Å². The van der Waals surface area contributed by atoms with Crippen LogP contribution in [0.5, 0.6) is 0 Å². The zero-order valence-electron chi connectivity index (χ0n) is 11.4. The number of nitrogens with zero attached hydrogens (tertiary/aromatic N) is 1. The summed E-state index contributed by atoms with van der Waals surface area (Å²) in [5, 5.41) is 0. The number of halogens is 2. The van der Waals surface area contributed by atoms with E-state index in [-0.39, 0.29) is 49.2 Å². The highest BCUT2D eigenvalue weighted by molar-refractivity contribution is 7.89. The van der Waals surface area contributed by atoms with Crippen LogP contribution in [0.15, 0.2) is 29.2 Å². The van der Waals surface area contributed by atoms with Crippen molar-refractivity contribution in [2.24, 2.45) is 11.8 Å². The Morgan fingerprint density at radius 1 is 1.14 bits per heavy atom. The third-order valence-corrected chi connectivity index (χ3v) is 6.28. The van der Waals surface area contributed by atoms with E-state index in [1.807, 2.05) is 0 Å². The average molecular weight is 315 g/mol.